The standard InChI is InChI=1S/C8H6BrN3OS/c9-5-2-1-3-6(10)7(5)13-8-12-11-4-14-8/h1-4H,10H2. The van der Waals surface area contributed by atoms with Gasteiger partial charge in [0.15, 0.2) is 5.75 Å². The molecule has 0 fully saturated rings. The Bertz CT molecular complexity index is 412. The Balaban J connectivity index is 2.33. The molecule has 0 radical (unpaired) electrons. The van der Waals surface area contributed by atoms with Crippen molar-refractivity contribution in [2.45, 2.75) is 0 Å². The van der Waals surface area contributed by atoms with E-state index in [-0.39, 0.29) is 0 Å². The molecule has 0 unspecified atom stereocenters. The topological polar surface area (TPSA) is 61.0 Å². The summed E-state index contributed by atoms with van der Waals surface area (Å²) < 4.78 is 6.25. The smallest absolute Gasteiger partial charge is 0.299 e. The van der Waals surface area contributed by atoms with Crippen LogP contribution in [0.3, 0.4) is 0 Å². The van der Waals surface area contributed by atoms with E-state index in [4.69, 9.17) is 10.5 Å². The van der Waals surface area contributed by atoms with Crippen LogP contribution >= 0.6 is 27.3 Å². The first-order chi connectivity index (χ1) is 6.77. The molecular weight excluding hydrogens is 266 g/mol. The third-order valence-corrected chi connectivity index (χ3v) is 2.72. The second-order valence-electron chi connectivity index (χ2n) is 2.46. The molecule has 2 aromatic rings. The second-order valence-corrected chi connectivity index (χ2v) is 4.11. The fraction of sp³-hybridized carbons (Fsp3) is 0. The van der Waals surface area contributed by atoms with Gasteiger partial charge in [0.25, 0.3) is 5.19 Å². The van der Waals surface area contributed by atoms with E-state index < -0.39 is 0 Å². The molecule has 1 heterocycles. The van der Waals surface area contributed by atoms with Crippen LogP contribution in [-0.2, 0) is 0 Å². The second kappa shape index (κ2) is 3.93. The predicted octanol–water partition coefficient (Wildman–Crippen LogP) is 2.68. The predicted molar refractivity (Wildman–Crippen MR) is 58.5 cm³/mol. The lowest BCUT2D eigenvalue weighted by molar-refractivity contribution is 0.472. The molecule has 6 heteroatoms. The van der Waals surface area contributed by atoms with Crippen molar-refractivity contribution >= 4 is 33.0 Å². The quantitative estimate of drug-likeness (QED) is 0.854. The fourth-order valence-electron chi connectivity index (χ4n) is 0.928. The summed E-state index contributed by atoms with van der Waals surface area (Å²) in [6.07, 6.45) is 0. The highest BCUT2D eigenvalue weighted by molar-refractivity contribution is 9.10. The molecule has 2 rings (SSSR count). The summed E-state index contributed by atoms with van der Waals surface area (Å²) in [5.41, 5.74) is 7.90. The normalized spacial score (nSPS) is 10.1. The summed E-state index contributed by atoms with van der Waals surface area (Å²) >= 11 is 4.66. The average Bonchev–Trinajstić information content (AvgIpc) is 2.64. The van der Waals surface area contributed by atoms with Gasteiger partial charge in [-0.1, -0.05) is 22.5 Å². The monoisotopic (exact) mass is 271 g/mol. The van der Waals surface area contributed by atoms with Gasteiger partial charge in [0, 0.05) is 0 Å². The summed E-state index contributed by atoms with van der Waals surface area (Å²) in [6.45, 7) is 0. The van der Waals surface area contributed by atoms with Crippen molar-refractivity contribution in [2.75, 3.05) is 5.73 Å². The van der Waals surface area contributed by atoms with E-state index >= 15 is 0 Å². The summed E-state index contributed by atoms with van der Waals surface area (Å²) in [5, 5.41) is 7.90. The molecular formula is C8H6BrN3OS. The van der Waals surface area contributed by atoms with Crippen LogP contribution in [0.15, 0.2) is 28.2 Å². The minimum atomic E-state index is 0.476. The first-order valence-corrected chi connectivity index (χ1v) is 5.42. The van der Waals surface area contributed by atoms with Crippen molar-refractivity contribution in [3.8, 4) is 10.9 Å². The highest BCUT2D eigenvalue weighted by Crippen LogP contribution is 2.34. The van der Waals surface area contributed by atoms with Crippen molar-refractivity contribution in [2.24, 2.45) is 0 Å². The molecule has 0 spiro atoms. The molecule has 0 bridgehead atoms. The number of hydrogen-bond acceptors (Lipinski definition) is 5. The Morgan fingerprint density at radius 3 is 2.93 bits per heavy atom. The van der Waals surface area contributed by atoms with Crippen LogP contribution in [0.5, 0.6) is 10.9 Å². The summed E-state index contributed by atoms with van der Waals surface area (Å²) in [5.74, 6) is 0.573. The number of hydrogen-bond donors (Lipinski definition) is 1. The number of anilines is 1. The number of benzene rings is 1. The first kappa shape index (κ1) is 9.42. The highest BCUT2D eigenvalue weighted by Gasteiger charge is 2.08. The number of nitrogens with two attached hydrogens (primary N) is 1. The maximum absolute atomic E-state index is 5.74. The first-order valence-electron chi connectivity index (χ1n) is 3.75. The molecule has 72 valence electrons. The van der Waals surface area contributed by atoms with E-state index in [9.17, 15) is 0 Å². The van der Waals surface area contributed by atoms with Crippen LogP contribution in [0.4, 0.5) is 5.69 Å². The van der Waals surface area contributed by atoms with Crippen LogP contribution < -0.4 is 10.5 Å². The molecule has 0 aliphatic carbocycles. The van der Waals surface area contributed by atoms with E-state index in [0.29, 0.717) is 16.6 Å². The minimum Gasteiger partial charge on any atom is -0.426 e. The molecule has 0 aliphatic heterocycles. The van der Waals surface area contributed by atoms with Crippen molar-refractivity contribution in [1.82, 2.24) is 10.2 Å². The maximum Gasteiger partial charge on any atom is 0.299 e. The summed E-state index contributed by atoms with van der Waals surface area (Å²) in [6, 6.07) is 5.46. The third-order valence-electron chi connectivity index (χ3n) is 1.53. The molecule has 0 amide bonds. The molecule has 4 nitrogen and oxygen atoms in total. The number of rotatable bonds is 2. The van der Waals surface area contributed by atoms with Gasteiger partial charge in [-0.15, -0.1) is 5.10 Å². The number of aromatic nitrogens is 2. The van der Waals surface area contributed by atoms with Gasteiger partial charge in [-0.05, 0) is 28.1 Å². The molecule has 1 aromatic carbocycles. The van der Waals surface area contributed by atoms with Crippen LogP contribution in [0.2, 0.25) is 0 Å². The van der Waals surface area contributed by atoms with Gasteiger partial charge in [0.05, 0.1) is 10.2 Å². The highest BCUT2D eigenvalue weighted by atomic mass is 79.9. The molecule has 14 heavy (non-hydrogen) atoms. The van der Waals surface area contributed by atoms with Crippen LogP contribution in [-0.4, -0.2) is 10.2 Å². The van der Waals surface area contributed by atoms with E-state index in [1.54, 1.807) is 11.6 Å². The van der Waals surface area contributed by atoms with Crippen LogP contribution in [0.1, 0.15) is 0 Å². The third kappa shape index (κ3) is 1.85. The number of nitrogen functional groups attached to an aromatic ring is 1. The number of ether oxygens (including phenoxy) is 1. The minimum absolute atomic E-state index is 0.476. The fourth-order valence-corrected chi connectivity index (χ4v) is 1.80. The number of halogens is 1. The van der Waals surface area contributed by atoms with Crippen molar-refractivity contribution in [3.63, 3.8) is 0 Å². The van der Waals surface area contributed by atoms with Crippen LogP contribution in [0.25, 0.3) is 0 Å². The lowest BCUT2D eigenvalue weighted by atomic mass is 10.3. The summed E-state index contributed by atoms with van der Waals surface area (Å²) in [4.78, 5) is 0. The van der Waals surface area contributed by atoms with Gasteiger partial charge in [0.2, 0.25) is 0 Å². The molecule has 0 aliphatic rings. The lowest BCUT2D eigenvalue weighted by Crippen LogP contribution is -1.92. The zero-order chi connectivity index (χ0) is 9.97. The van der Waals surface area contributed by atoms with E-state index in [1.807, 2.05) is 12.1 Å². The van der Waals surface area contributed by atoms with Crippen LogP contribution in [0, 0.1) is 0 Å². The van der Waals surface area contributed by atoms with E-state index in [1.165, 1.54) is 11.3 Å². The SMILES string of the molecule is Nc1cccc(Br)c1Oc1nncs1. The average molecular weight is 272 g/mol. The Hall–Kier alpha value is -1.14. The summed E-state index contributed by atoms with van der Waals surface area (Å²) in [7, 11) is 0. The van der Waals surface area contributed by atoms with Gasteiger partial charge in [-0.3, -0.25) is 0 Å². The number of para-hydroxylation sites is 1. The Morgan fingerprint density at radius 2 is 2.29 bits per heavy atom. The zero-order valence-electron chi connectivity index (χ0n) is 6.98. The van der Waals surface area contributed by atoms with Crippen molar-refractivity contribution in [1.29, 1.82) is 0 Å². The van der Waals surface area contributed by atoms with Gasteiger partial charge in [0.1, 0.15) is 5.51 Å². The number of nitrogens with zero attached hydrogens (tertiary/aromatic N) is 2. The Kier molecular flexibility index (Phi) is 2.64. The molecule has 0 saturated carbocycles. The van der Waals surface area contributed by atoms with Gasteiger partial charge in [-0.2, -0.15) is 0 Å². The lowest BCUT2D eigenvalue weighted by Gasteiger charge is -2.06. The molecule has 1 aromatic heterocycles. The Morgan fingerprint density at radius 1 is 1.43 bits per heavy atom. The van der Waals surface area contributed by atoms with E-state index in [2.05, 4.69) is 26.1 Å². The molecule has 2 N–H and O–H groups in total. The van der Waals surface area contributed by atoms with Gasteiger partial charge < -0.3 is 10.5 Å². The van der Waals surface area contributed by atoms with E-state index in [0.717, 1.165) is 4.47 Å². The molecule has 0 saturated heterocycles. The molecule has 0 atom stereocenters. The zero-order valence-corrected chi connectivity index (χ0v) is 9.38. The van der Waals surface area contributed by atoms with Gasteiger partial charge in [-0.25, -0.2) is 0 Å². The van der Waals surface area contributed by atoms with Crippen molar-refractivity contribution < 1.29 is 4.74 Å². The maximum atomic E-state index is 5.74. The van der Waals surface area contributed by atoms with Crippen molar-refractivity contribution in [3.05, 3.63) is 28.2 Å². The van der Waals surface area contributed by atoms with Gasteiger partial charge >= 0.3 is 0 Å². The largest absolute Gasteiger partial charge is 0.426 e. The Labute approximate surface area is 92.9 Å².